The summed E-state index contributed by atoms with van der Waals surface area (Å²) in [6.07, 6.45) is 3.12. The van der Waals surface area contributed by atoms with Gasteiger partial charge in [0.25, 0.3) is 0 Å². The first-order chi connectivity index (χ1) is 7.66. The molecule has 4 heteroatoms. The molecule has 0 saturated carbocycles. The van der Waals surface area contributed by atoms with Crippen LogP contribution in [-0.2, 0) is 0 Å². The molecule has 3 nitrogen and oxygen atoms in total. The fourth-order valence-electron chi connectivity index (χ4n) is 1.48. The van der Waals surface area contributed by atoms with E-state index in [4.69, 9.17) is 14.6 Å². The van der Waals surface area contributed by atoms with Crippen molar-refractivity contribution in [1.82, 2.24) is 0 Å². The maximum Gasteiger partial charge on any atom is 0.175 e. The lowest BCUT2D eigenvalue weighted by Gasteiger charge is -2.19. The molecule has 16 heavy (non-hydrogen) atoms. The summed E-state index contributed by atoms with van der Waals surface area (Å²) in [5.41, 5.74) is 0.969. The molecule has 0 saturated heterocycles. The average Bonchev–Trinajstić information content (AvgIpc) is 2.26. The maximum atomic E-state index is 9.17. The topological polar surface area (TPSA) is 38.7 Å². The predicted octanol–water partition coefficient (Wildman–Crippen LogP) is 2.61. The van der Waals surface area contributed by atoms with E-state index >= 15 is 0 Å². The van der Waals surface area contributed by atoms with Crippen LogP contribution in [0.1, 0.15) is 12.5 Å². The van der Waals surface area contributed by atoms with Crippen molar-refractivity contribution in [3.8, 4) is 11.5 Å². The molecule has 86 valence electrons. The van der Waals surface area contributed by atoms with Gasteiger partial charge in [-0.25, -0.2) is 0 Å². The molecule has 1 atom stereocenters. The van der Waals surface area contributed by atoms with Crippen LogP contribution in [0.15, 0.2) is 22.7 Å². The number of fused-ring (bicyclic) bond motifs is 1. The highest BCUT2D eigenvalue weighted by atomic mass is 79.9. The third-order valence-electron chi connectivity index (χ3n) is 2.19. The zero-order chi connectivity index (χ0) is 11.5. The summed E-state index contributed by atoms with van der Waals surface area (Å²) in [5.74, 6) is 1.49. The minimum absolute atomic E-state index is 0.452. The number of aliphatic hydroxyl groups is 1. The molecule has 0 spiro atoms. The number of benzene rings is 1. The molecule has 0 aliphatic carbocycles. The van der Waals surface area contributed by atoms with Crippen molar-refractivity contribution in [3.63, 3.8) is 0 Å². The van der Waals surface area contributed by atoms with Gasteiger partial charge in [0.1, 0.15) is 13.2 Å². The second kappa shape index (κ2) is 4.89. The molecule has 1 heterocycles. The minimum atomic E-state index is -0.452. The summed E-state index contributed by atoms with van der Waals surface area (Å²) in [5, 5.41) is 9.17. The molecule has 1 aromatic rings. The fraction of sp³-hybridized carbons (Fsp3) is 0.333. The third-order valence-corrected chi connectivity index (χ3v) is 2.78. The van der Waals surface area contributed by atoms with Gasteiger partial charge in [0.2, 0.25) is 0 Å². The van der Waals surface area contributed by atoms with Gasteiger partial charge in [0.05, 0.1) is 10.6 Å². The van der Waals surface area contributed by atoms with Gasteiger partial charge in [0.15, 0.2) is 11.5 Å². The van der Waals surface area contributed by atoms with Crippen molar-refractivity contribution < 1.29 is 14.6 Å². The number of hydrogen-bond donors (Lipinski definition) is 1. The third kappa shape index (κ3) is 2.57. The SMILES string of the molecule is CC(O)/C=C/c1cc(Br)c2c(c1)OCCO2. The lowest BCUT2D eigenvalue weighted by molar-refractivity contribution is 0.170. The highest BCUT2D eigenvalue weighted by Gasteiger charge is 2.15. The van der Waals surface area contributed by atoms with Crippen LogP contribution in [0.2, 0.25) is 0 Å². The van der Waals surface area contributed by atoms with Gasteiger partial charge >= 0.3 is 0 Å². The monoisotopic (exact) mass is 284 g/mol. The Bertz CT molecular complexity index is 413. The molecule has 2 rings (SSSR count). The van der Waals surface area contributed by atoms with E-state index < -0.39 is 6.10 Å². The number of rotatable bonds is 2. The Hall–Kier alpha value is -1.00. The van der Waals surface area contributed by atoms with Gasteiger partial charge in [-0.3, -0.25) is 0 Å². The number of ether oxygens (including phenoxy) is 2. The summed E-state index contributed by atoms with van der Waals surface area (Å²) in [4.78, 5) is 0. The van der Waals surface area contributed by atoms with Crippen LogP contribution in [0.5, 0.6) is 11.5 Å². The van der Waals surface area contributed by atoms with Gasteiger partial charge in [0, 0.05) is 0 Å². The van der Waals surface area contributed by atoms with Crippen LogP contribution in [0.25, 0.3) is 6.08 Å². The van der Waals surface area contributed by atoms with Crippen molar-refractivity contribution in [1.29, 1.82) is 0 Å². The molecule has 0 radical (unpaired) electrons. The summed E-state index contributed by atoms with van der Waals surface area (Å²) in [6.45, 7) is 2.86. The Morgan fingerprint density at radius 3 is 2.88 bits per heavy atom. The van der Waals surface area contributed by atoms with Crippen LogP contribution >= 0.6 is 15.9 Å². The van der Waals surface area contributed by atoms with E-state index in [2.05, 4.69) is 15.9 Å². The van der Waals surface area contributed by atoms with Crippen molar-refractivity contribution in [2.45, 2.75) is 13.0 Å². The summed E-state index contributed by atoms with van der Waals surface area (Å²) >= 11 is 3.44. The zero-order valence-electron chi connectivity index (χ0n) is 8.94. The molecule has 0 bridgehead atoms. The zero-order valence-corrected chi connectivity index (χ0v) is 10.5. The van der Waals surface area contributed by atoms with E-state index in [0.29, 0.717) is 13.2 Å². The fourth-order valence-corrected chi connectivity index (χ4v) is 2.05. The van der Waals surface area contributed by atoms with Crippen molar-refractivity contribution in [2.75, 3.05) is 13.2 Å². The normalized spacial score (nSPS) is 16.4. The van der Waals surface area contributed by atoms with Crippen molar-refractivity contribution in [2.24, 2.45) is 0 Å². The molecule has 1 N–H and O–H groups in total. The lowest BCUT2D eigenvalue weighted by Crippen LogP contribution is -2.15. The van der Waals surface area contributed by atoms with E-state index in [1.54, 1.807) is 13.0 Å². The predicted molar refractivity (Wildman–Crippen MR) is 65.8 cm³/mol. The van der Waals surface area contributed by atoms with E-state index in [9.17, 15) is 0 Å². The van der Waals surface area contributed by atoms with Gasteiger partial charge < -0.3 is 14.6 Å². The Morgan fingerprint density at radius 1 is 1.38 bits per heavy atom. The molecular formula is C12H13BrO3. The summed E-state index contributed by atoms with van der Waals surface area (Å²) in [7, 11) is 0. The smallest absolute Gasteiger partial charge is 0.175 e. The van der Waals surface area contributed by atoms with Crippen molar-refractivity contribution in [3.05, 3.63) is 28.2 Å². The highest BCUT2D eigenvalue weighted by Crippen LogP contribution is 2.38. The first-order valence-electron chi connectivity index (χ1n) is 5.12. The molecule has 0 fully saturated rings. The van der Waals surface area contributed by atoms with Crippen LogP contribution < -0.4 is 9.47 Å². The largest absolute Gasteiger partial charge is 0.486 e. The molecule has 1 aromatic carbocycles. The standard InChI is InChI=1S/C12H13BrO3/c1-8(14)2-3-9-6-10(13)12-11(7-9)15-4-5-16-12/h2-3,6-8,14H,4-5H2,1H3/b3-2+. The van der Waals surface area contributed by atoms with Crippen LogP contribution in [-0.4, -0.2) is 24.4 Å². The van der Waals surface area contributed by atoms with Gasteiger partial charge in [-0.1, -0.05) is 12.2 Å². The Balaban J connectivity index is 2.32. The Morgan fingerprint density at radius 2 is 2.12 bits per heavy atom. The molecule has 0 aromatic heterocycles. The van der Waals surface area contributed by atoms with E-state index in [1.807, 2.05) is 18.2 Å². The van der Waals surface area contributed by atoms with Crippen molar-refractivity contribution >= 4 is 22.0 Å². The summed E-state index contributed by atoms with van der Waals surface area (Å²) in [6, 6.07) is 3.84. The summed E-state index contributed by atoms with van der Waals surface area (Å²) < 4.78 is 11.9. The first kappa shape index (κ1) is 11.5. The van der Waals surface area contributed by atoms with E-state index in [-0.39, 0.29) is 0 Å². The van der Waals surface area contributed by atoms with Gasteiger partial charge in [-0.05, 0) is 40.5 Å². The molecule has 1 aliphatic rings. The molecule has 1 aliphatic heterocycles. The lowest BCUT2D eigenvalue weighted by atomic mass is 10.1. The Labute approximate surface area is 103 Å². The minimum Gasteiger partial charge on any atom is -0.486 e. The quantitative estimate of drug-likeness (QED) is 0.907. The second-order valence-corrected chi connectivity index (χ2v) is 4.48. The van der Waals surface area contributed by atoms with Crippen LogP contribution in [0.3, 0.4) is 0 Å². The molecule has 0 amide bonds. The first-order valence-corrected chi connectivity index (χ1v) is 5.91. The van der Waals surface area contributed by atoms with Crippen LogP contribution in [0.4, 0.5) is 0 Å². The molecular weight excluding hydrogens is 272 g/mol. The Kier molecular flexibility index (Phi) is 3.51. The second-order valence-electron chi connectivity index (χ2n) is 3.63. The average molecular weight is 285 g/mol. The van der Waals surface area contributed by atoms with E-state index in [0.717, 1.165) is 21.5 Å². The number of halogens is 1. The van der Waals surface area contributed by atoms with E-state index in [1.165, 1.54) is 0 Å². The molecule has 1 unspecified atom stereocenters. The van der Waals surface area contributed by atoms with Gasteiger partial charge in [-0.2, -0.15) is 0 Å². The number of hydrogen-bond acceptors (Lipinski definition) is 3. The number of aliphatic hydroxyl groups excluding tert-OH is 1. The highest BCUT2D eigenvalue weighted by molar-refractivity contribution is 9.10. The maximum absolute atomic E-state index is 9.17. The van der Waals surface area contributed by atoms with Crippen LogP contribution in [0, 0.1) is 0 Å². The van der Waals surface area contributed by atoms with Gasteiger partial charge in [-0.15, -0.1) is 0 Å².